The summed E-state index contributed by atoms with van der Waals surface area (Å²) in [4.78, 5) is 24.2. The van der Waals surface area contributed by atoms with Crippen LogP contribution in [-0.4, -0.2) is 39.4 Å². The van der Waals surface area contributed by atoms with Gasteiger partial charge in [-0.2, -0.15) is 0 Å². The second-order valence-corrected chi connectivity index (χ2v) is 5.37. The largest absolute Gasteiger partial charge is 0.493 e. The topological polar surface area (TPSA) is 95.1 Å². The number of rotatable bonds is 6. The number of ether oxygens (including phenoxy) is 4. The molecule has 0 aliphatic carbocycles. The van der Waals surface area contributed by atoms with E-state index in [2.05, 4.69) is 10.6 Å². The normalized spacial score (nSPS) is 11.6. The predicted octanol–water partition coefficient (Wildman–Crippen LogP) is 1.80. The van der Waals surface area contributed by atoms with Crippen LogP contribution in [0.4, 0.5) is 5.69 Å². The van der Waals surface area contributed by atoms with E-state index < -0.39 is 5.91 Å². The Hall–Kier alpha value is -3.42. The summed E-state index contributed by atoms with van der Waals surface area (Å²) < 4.78 is 20.8. The number of anilines is 1. The SMILES string of the molecule is COc1ccc(C(=O)NCC(=O)Nc2ccc3c(c2)OCO3)cc1OC. The highest BCUT2D eigenvalue weighted by Crippen LogP contribution is 2.34. The van der Waals surface area contributed by atoms with Crippen molar-refractivity contribution in [1.29, 1.82) is 0 Å². The molecule has 136 valence electrons. The van der Waals surface area contributed by atoms with Gasteiger partial charge in [0.1, 0.15) is 0 Å². The first-order valence-electron chi connectivity index (χ1n) is 7.80. The van der Waals surface area contributed by atoms with Gasteiger partial charge in [-0.3, -0.25) is 9.59 Å². The third-order valence-corrected chi connectivity index (χ3v) is 3.71. The van der Waals surface area contributed by atoms with Gasteiger partial charge in [-0.05, 0) is 30.3 Å². The highest BCUT2D eigenvalue weighted by Gasteiger charge is 2.15. The van der Waals surface area contributed by atoms with Crippen LogP contribution in [0.5, 0.6) is 23.0 Å². The fourth-order valence-electron chi connectivity index (χ4n) is 2.42. The quantitative estimate of drug-likeness (QED) is 0.818. The minimum absolute atomic E-state index is 0.161. The molecule has 1 aliphatic heterocycles. The molecule has 0 aromatic heterocycles. The van der Waals surface area contributed by atoms with Crippen molar-refractivity contribution in [2.24, 2.45) is 0 Å². The van der Waals surface area contributed by atoms with Crippen molar-refractivity contribution >= 4 is 17.5 Å². The van der Waals surface area contributed by atoms with E-state index in [-0.39, 0.29) is 19.2 Å². The van der Waals surface area contributed by atoms with Crippen molar-refractivity contribution < 1.29 is 28.5 Å². The zero-order valence-corrected chi connectivity index (χ0v) is 14.3. The first-order chi connectivity index (χ1) is 12.6. The van der Waals surface area contributed by atoms with E-state index in [0.717, 1.165) is 0 Å². The number of carbonyl (C=O) groups is 2. The van der Waals surface area contributed by atoms with Crippen LogP contribution in [0.25, 0.3) is 0 Å². The molecule has 8 nitrogen and oxygen atoms in total. The van der Waals surface area contributed by atoms with Gasteiger partial charge in [0.05, 0.1) is 20.8 Å². The molecular weight excluding hydrogens is 340 g/mol. The van der Waals surface area contributed by atoms with Crippen molar-refractivity contribution in [2.75, 3.05) is 32.9 Å². The Morgan fingerprint density at radius 2 is 1.77 bits per heavy atom. The lowest BCUT2D eigenvalue weighted by Gasteiger charge is -2.10. The van der Waals surface area contributed by atoms with Crippen molar-refractivity contribution in [3.63, 3.8) is 0 Å². The summed E-state index contributed by atoms with van der Waals surface area (Å²) in [7, 11) is 3.00. The van der Waals surface area contributed by atoms with Gasteiger partial charge < -0.3 is 29.6 Å². The number of carbonyl (C=O) groups excluding carboxylic acids is 2. The summed E-state index contributed by atoms with van der Waals surface area (Å²) in [6.45, 7) is -0.0181. The Labute approximate surface area is 150 Å². The van der Waals surface area contributed by atoms with Crippen LogP contribution in [0.1, 0.15) is 10.4 Å². The third kappa shape index (κ3) is 3.80. The number of benzene rings is 2. The van der Waals surface area contributed by atoms with Gasteiger partial charge in [0.25, 0.3) is 5.91 Å². The first kappa shape index (κ1) is 17.4. The lowest BCUT2D eigenvalue weighted by molar-refractivity contribution is -0.115. The highest BCUT2D eigenvalue weighted by atomic mass is 16.7. The van der Waals surface area contributed by atoms with E-state index in [9.17, 15) is 9.59 Å². The van der Waals surface area contributed by atoms with Crippen molar-refractivity contribution in [3.8, 4) is 23.0 Å². The second-order valence-electron chi connectivity index (χ2n) is 5.37. The zero-order chi connectivity index (χ0) is 18.5. The molecule has 2 aromatic carbocycles. The Kier molecular flexibility index (Phi) is 5.12. The van der Waals surface area contributed by atoms with Gasteiger partial charge in [-0.15, -0.1) is 0 Å². The average molecular weight is 358 g/mol. The summed E-state index contributed by atoms with van der Waals surface area (Å²) in [5.41, 5.74) is 0.915. The molecule has 0 atom stereocenters. The molecule has 2 N–H and O–H groups in total. The van der Waals surface area contributed by atoms with Gasteiger partial charge in [0.15, 0.2) is 23.0 Å². The number of hydrogen-bond donors (Lipinski definition) is 2. The van der Waals surface area contributed by atoms with E-state index in [4.69, 9.17) is 18.9 Å². The van der Waals surface area contributed by atoms with Crippen LogP contribution in [0.2, 0.25) is 0 Å². The van der Waals surface area contributed by atoms with Crippen LogP contribution < -0.4 is 29.6 Å². The Balaban J connectivity index is 1.56. The molecule has 0 spiro atoms. The summed E-state index contributed by atoms with van der Waals surface area (Å²) >= 11 is 0. The van der Waals surface area contributed by atoms with Gasteiger partial charge in [0.2, 0.25) is 12.7 Å². The molecule has 1 heterocycles. The molecule has 0 unspecified atom stereocenters. The molecule has 0 radical (unpaired) electrons. The second kappa shape index (κ2) is 7.64. The summed E-state index contributed by atoms with van der Waals surface area (Å²) in [6, 6.07) is 9.83. The molecular formula is C18H18N2O6. The van der Waals surface area contributed by atoms with Gasteiger partial charge in [-0.1, -0.05) is 0 Å². The maximum Gasteiger partial charge on any atom is 0.251 e. The Morgan fingerprint density at radius 1 is 1.00 bits per heavy atom. The van der Waals surface area contributed by atoms with Crippen molar-refractivity contribution in [1.82, 2.24) is 5.32 Å². The number of hydrogen-bond acceptors (Lipinski definition) is 6. The fourth-order valence-corrected chi connectivity index (χ4v) is 2.42. The number of amides is 2. The minimum Gasteiger partial charge on any atom is -0.493 e. The maximum atomic E-state index is 12.2. The molecule has 26 heavy (non-hydrogen) atoms. The molecule has 0 bridgehead atoms. The van der Waals surface area contributed by atoms with E-state index in [1.165, 1.54) is 14.2 Å². The third-order valence-electron chi connectivity index (χ3n) is 3.71. The lowest BCUT2D eigenvalue weighted by Crippen LogP contribution is -2.32. The van der Waals surface area contributed by atoms with Crippen LogP contribution in [0, 0.1) is 0 Å². The first-order valence-corrected chi connectivity index (χ1v) is 7.80. The molecule has 1 aliphatic rings. The Bertz CT molecular complexity index is 836. The minimum atomic E-state index is -0.396. The van der Waals surface area contributed by atoms with Gasteiger partial charge in [0, 0.05) is 17.3 Å². The monoisotopic (exact) mass is 358 g/mol. The average Bonchev–Trinajstić information content (AvgIpc) is 3.13. The summed E-state index contributed by atoms with van der Waals surface area (Å²) in [5.74, 6) is 1.39. The van der Waals surface area contributed by atoms with E-state index in [1.807, 2.05) is 0 Å². The summed E-state index contributed by atoms with van der Waals surface area (Å²) in [6.07, 6.45) is 0. The van der Waals surface area contributed by atoms with E-state index in [1.54, 1.807) is 36.4 Å². The molecule has 2 amide bonds. The Morgan fingerprint density at radius 3 is 2.54 bits per heavy atom. The van der Waals surface area contributed by atoms with Gasteiger partial charge >= 0.3 is 0 Å². The molecule has 3 rings (SSSR count). The molecule has 0 saturated heterocycles. The van der Waals surface area contributed by atoms with Crippen LogP contribution >= 0.6 is 0 Å². The highest BCUT2D eigenvalue weighted by molar-refractivity contribution is 5.99. The van der Waals surface area contributed by atoms with E-state index >= 15 is 0 Å². The number of methoxy groups -OCH3 is 2. The smallest absolute Gasteiger partial charge is 0.251 e. The van der Waals surface area contributed by atoms with E-state index in [0.29, 0.717) is 34.2 Å². The standard InChI is InChI=1S/C18H18N2O6/c1-23-13-5-3-11(7-15(13)24-2)18(22)19-9-17(21)20-12-4-6-14-16(8-12)26-10-25-14/h3-8H,9-10H2,1-2H3,(H,19,22)(H,20,21). The summed E-state index contributed by atoms with van der Waals surface area (Å²) in [5, 5.41) is 5.24. The number of fused-ring (bicyclic) bond motifs is 1. The molecule has 8 heteroatoms. The van der Waals surface area contributed by atoms with Crippen LogP contribution in [-0.2, 0) is 4.79 Å². The lowest BCUT2D eigenvalue weighted by atomic mass is 10.2. The van der Waals surface area contributed by atoms with Crippen molar-refractivity contribution in [3.05, 3.63) is 42.0 Å². The van der Waals surface area contributed by atoms with Crippen LogP contribution in [0.15, 0.2) is 36.4 Å². The predicted molar refractivity (Wildman–Crippen MR) is 93.1 cm³/mol. The maximum absolute atomic E-state index is 12.2. The number of nitrogens with one attached hydrogen (secondary N) is 2. The van der Waals surface area contributed by atoms with Crippen molar-refractivity contribution in [2.45, 2.75) is 0 Å². The molecule has 0 saturated carbocycles. The fraction of sp³-hybridized carbons (Fsp3) is 0.222. The van der Waals surface area contributed by atoms with Gasteiger partial charge in [-0.25, -0.2) is 0 Å². The molecule has 2 aromatic rings. The molecule has 0 fully saturated rings. The zero-order valence-electron chi connectivity index (χ0n) is 14.3. The van der Waals surface area contributed by atoms with Crippen LogP contribution in [0.3, 0.4) is 0 Å².